The lowest BCUT2D eigenvalue weighted by Crippen LogP contribution is -2.05. The second-order valence-corrected chi connectivity index (χ2v) is 4.83. The van der Waals surface area contributed by atoms with Gasteiger partial charge in [0.15, 0.2) is 0 Å². The summed E-state index contributed by atoms with van der Waals surface area (Å²) in [5.74, 6) is 0.752. The molecule has 0 aliphatic heterocycles. The largest absolute Gasteiger partial charge is 0.323 e. The van der Waals surface area contributed by atoms with Gasteiger partial charge in [-0.25, -0.2) is 4.98 Å². The van der Waals surface area contributed by atoms with E-state index in [4.69, 9.17) is 5.73 Å². The zero-order valence-corrected chi connectivity index (χ0v) is 9.40. The normalized spacial score (nSPS) is 13.6. The van der Waals surface area contributed by atoms with E-state index in [2.05, 4.69) is 24.2 Å². The third-order valence-corrected chi connectivity index (χ3v) is 2.90. The van der Waals surface area contributed by atoms with Crippen LogP contribution in [0.25, 0.3) is 0 Å². The van der Waals surface area contributed by atoms with Crippen molar-refractivity contribution in [1.29, 1.82) is 0 Å². The van der Waals surface area contributed by atoms with Gasteiger partial charge < -0.3 is 5.73 Å². The number of hydrogen-bond acceptors (Lipinski definition) is 3. The molecule has 0 spiro atoms. The number of hydrogen-bond donors (Lipinski definition) is 1. The first-order chi connectivity index (χ1) is 6.09. The van der Waals surface area contributed by atoms with Gasteiger partial charge in [-0.15, -0.1) is 11.3 Å². The predicted octanol–water partition coefficient (Wildman–Crippen LogP) is 2.75. The van der Waals surface area contributed by atoms with Crippen LogP contribution in [0.15, 0.2) is 5.38 Å². The zero-order valence-electron chi connectivity index (χ0n) is 8.58. The van der Waals surface area contributed by atoms with Crippen LogP contribution >= 0.6 is 11.3 Å². The Balaban J connectivity index is 2.49. The third-order valence-electron chi connectivity index (χ3n) is 1.97. The smallest absolute Gasteiger partial charge is 0.0929 e. The Morgan fingerprint density at radius 3 is 2.62 bits per heavy atom. The summed E-state index contributed by atoms with van der Waals surface area (Å²) in [5, 5.41) is 3.29. The number of aryl methyl sites for hydroxylation is 1. The maximum absolute atomic E-state index is 5.73. The highest BCUT2D eigenvalue weighted by atomic mass is 32.1. The summed E-state index contributed by atoms with van der Waals surface area (Å²) in [5.41, 5.74) is 6.76. The Labute approximate surface area is 84.2 Å². The molecule has 0 aliphatic rings. The van der Waals surface area contributed by atoms with Gasteiger partial charge in [0.05, 0.1) is 10.7 Å². The molecule has 0 radical (unpaired) electrons. The quantitative estimate of drug-likeness (QED) is 0.808. The molecule has 0 aromatic carbocycles. The first-order valence-electron chi connectivity index (χ1n) is 4.79. The fourth-order valence-corrected chi connectivity index (χ4v) is 1.98. The van der Waals surface area contributed by atoms with Gasteiger partial charge >= 0.3 is 0 Å². The minimum Gasteiger partial charge on any atom is -0.323 e. The van der Waals surface area contributed by atoms with Crippen molar-refractivity contribution in [2.75, 3.05) is 0 Å². The van der Waals surface area contributed by atoms with E-state index in [1.807, 2.05) is 6.92 Å². The average molecular weight is 198 g/mol. The Morgan fingerprint density at radius 2 is 2.15 bits per heavy atom. The van der Waals surface area contributed by atoms with E-state index in [0.717, 1.165) is 18.0 Å². The summed E-state index contributed by atoms with van der Waals surface area (Å²) in [7, 11) is 0. The number of thiazole rings is 1. The fraction of sp³-hybridized carbons (Fsp3) is 0.700. The van der Waals surface area contributed by atoms with Crippen LogP contribution in [-0.2, 0) is 6.42 Å². The van der Waals surface area contributed by atoms with Crippen LogP contribution in [0.4, 0.5) is 0 Å². The summed E-state index contributed by atoms with van der Waals surface area (Å²) in [6.45, 7) is 6.45. The highest BCUT2D eigenvalue weighted by molar-refractivity contribution is 7.09. The number of aromatic nitrogens is 1. The van der Waals surface area contributed by atoms with Crippen LogP contribution in [0.3, 0.4) is 0 Å². The highest BCUT2D eigenvalue weighted by Crippen LogP contribution is 2.17. The van der Waals surface area contributed by atoms with Gasteiger partial charge in [0.1, 0.15) is 0 Å². The lowest BCUT2D eigenvalue weighted by Gasteiger charge is -2.01. The predicted molar refractivity (Wildman–Crippen MR) is 57.9 cm³/mol. The summed E-state index contributed by atoms with van der Waals surface area (Å²) in [6, 6.07) is 0.0732. The molecule has 1 rings (SSSR count). The lowest BCUT2D eigenvalue weighted by atomic mass is 10.1. The SMILES string of the molecule is CC(C)CCc1nc(C(C)N)cs1. The molecule has 0 fully saturated rings. The van der Waals surface area contributed by atoms with Gasteiger partial charge in [-0.05, 0) is 25.7 Å². The van der Waals surface area contributed by atoms with E-state index in [1.54, 1.807) is 11.3 Å². The molecular weight excluding hydrogens is 180 g/mol. The van der Waals surface area contributed by atoms with Crippen molar-refractivity contribution in [2.45, 2.75) is 39.7 Å². The topological polar surface area (TPSA) is 38.9 Å². The minimum absolute atomic E-state index is 0.0732. The van der Waals surface area contributed by atoms with Crippen molar-refractivity contribution in [1.82, 2.24) is 4.98 Å². The van der Waals surface area contributed by atoms with E-state index in [0.29, 0.717) is 0 Å². The Hall–Kier alpha value is -0.410. The number of rotatable bonds is 4. The first-order valence-corrected chi connectivity index (χ1v) is 5.67. The van der Waals surface area contributed by atoms with E-state index in [-0.39, 0.29) is 6.04 Å². The van der Waals surface area contributed by atoms with Crippen LogP contribution in [0.5, 0.6) is 0 Å². The highest BCUT2D eigenvalue weighted by Gasteiger charge is 2.05. The summed E-state index contributed by atoms with van der Waals surface area (Å²) in [6.07, 6.45) is 2.31. The summed E-state index contributed by atoms with van der Waals surface area (Å²) < 4.78 is 0. The molecule has 0 amide bonds. The molecule has 1 heterocycles. The number of nitrogens with two attached hydrogens (primary N) is 1. The van der Waals surface area contributed by atoms with E-state index >= 15 is 0 Å². The average Bonchev–Trinajstić information content (AvgIpc) is 2.48. The van der Waals surface area contributed by atoms with Crippen molar-refractivity contribution >= 4 is 11.3 Å². The summed E-state index contributed by atoms with van der Waals surface area (Å²) >= 11 is 1.73. The van der Waals surface area contributed by atoms with Gasteiger partial charge in [0.2, 0.25) is 0 Å². The van der Waals surface area contributed by atoms with Crippen LogP contribution in [0.2, 0.25) is 0 Å². The van der Waals surface area contributed by atoms with Crippen LogP contribution in [0, 0.1) is 5.92 Å². The third kappa shape index (κ3) is 3.44. The molecule has 1 atom stereocenters. The van der Waals surface area contributed by atoms with Crippen molar-refractivity contribution in [3.8, 4) is 0 Å². The van der Waals surface area contributed by atoms with E-state index in [1.165, 1.54) is 11.4 Å². The molecule has 1 aromatic heterocycles. The van der Waals surface area contributed by atoms with Gasteiger partial charge in [0, 0.05) is 11.4 Å². The number of nitrogens with zero attached hydrogens (tertiary/aromatic N) is 1. The monoisotopic (exact) mass is 198 g/mol. The van der Waals surface area contributed by atoms with Crippen LogP contribution in [-0.4, -0.2) is 4.98 Å². The molecule has 2 N–H and O–H groups in total. The minimum atomic E-state index is 0.0732. The van der Waals surface area contributed by atoms with Crippen molar-refractivity contribution in [2.24, 2.45) is 11.7 Å². The first kappa shape index (κ1) is 10.7. The molecular formula is C10H18N2S. The second-order valence-electron chi connectivity index (χ2n) is 3.89. The molecule has 1 aromatic rings. The van der Waals surface area contributed by atoms with Gasteiger partial charge in [0.25, 0.3) is 0 Å². The summed E-state index contributed by atoms with van der Waals surface area (Å²) in [4.78, 5) is 4.48. The Morgan fingerprint density at radius 1 is 1.46 bits per heavy atom. The lowest BCUT2D eigenvalue weighted by molar-refractivity contribution is 0.584. The maximum atomic E-state index is 5.73. The molecule has 1 unspecified atom stereocenters. The van der Waals surface area contributed by atoms with E-state index in [9.17, 15) is 0 Å². The van der Waals surface area contributed by atoms with Crippen LogP contribution < -0.4 is 5.73 Å². The fourth-order valence-electron chi connectivity index (χ4n) is 1.06. The van der Waals surface area contributed by atoms with Crippen molar-refractivity contribution in [3.63, 3.8) is 0 Å². The Bertz CT molecular complexity index is 253. The van der Waals surface area contributed by atoms with Crippen LogP contribution in [0.1, 0.15) is 43.9 Å². The van der Waals surface area contributed by atoms with Gasteiger partial charge in [-0.3, -0.25) is 0 Å². The second kappa shape index (κ2) is 4.72. The molecule has 0 aliphatic carbocycles. The van der Waals surface area contributed by atoms with Gasteiger partial charge in [-0.1, -0.05) is 13.8 Å². The molecule has 13 heavy (non-hydrogen) atoms. The molecule has 0 saturated heterocycles. The molecule has 2 nitrogen and oxygen atoms in total. The van der Waals surface area contributed by atoms with Crippen molar-refractivity contribution in [3.05, 3.63) is 16.1 Å². The molecule has 0 saturated carbocycles. The molecule has 3 heteroatoms. The molecule has 0 bridgehead atoms. The zero-order chi connectivity index (χ0) is 9.84. The maximum Gasteiger partial charge on any atom is 0.0929 e. The Kier molecular flexibility index (Phi) is 3.88. The van der Waals surface area contributed by atoms with Crippen molar-refractivity contribution < 1.29 is 0 Å². The standard InChI is InChI=1S/C10H18N2S/c1-7(2)4-5-10-12-9(6-13-10)8(3)11/h6-8H,4-5,11H2,1-3H3. The van der Waals surface area contributed by atoms with E-state index < -0.39 is 0 Å². The molecule has 74 valence electrons. The van der Waals surface area contributed by atoms with Gasteiger partial charge in [-0.2, -0.15) is 0 Å².